The van der Waals surface area contributed by atoms with E-state index in [4.69, 9.17) is 9.47 Å². The second-order valence-corrected chi connectivity index (χ2v) is 8.60. The zero-order valence-electron chi connectivity index (χ0n) is 17.5. The number of rotatable bonds is 4. The van der Waals surface area contributed by atoms with Crippen LogP contribution in [0.5, 0.6) is 5.75 Å². The molecule has 3 aromatic carbocycles. The largest absolute Gasteiger partial charge is 0.465 e. The van der Waals surface area contributed by atoms with E-state index in [-0.39, 0.29) is 23.1 Å². The van der Waals surface area contributed by atoms with Crippen molar-refractivity contribution < 1.29 is 23.9 Å². The third-order valence-corrected chi connectivity index (χ3v) is 6.20. The van der Waals surface area contributed by atoms with Crippen molar-refractivity contribution in [1.82, 2.24) is 4.90 Å². The predicted molar refractivity (Wildman–Crippen MR) is 124 cm³/mol. The molecular weight excluding hydrogens is 474 g/mol. The molecule has 6 nitrogen and oxygen atoms in total. The number of piperidine rings is 1. The Morgan fingerprint density at radius 2 is 1.56 bits per heavy atom. The van der Waals surface area contributed by atoms with E-state index in [9.17, 15) is 14.4 Å². The van der Waals surface area contributed by atoms with E-state index in [0.29, 0.717) is 31.5 Å². The summed E-state index contributed by atoms with van der Waals surface area (Å²) in [4.78, 5) is 39.6. The molecule has 1 amide bonds. The molecule has 3 aromatic rings. The van der Waals surface area contributed by atoms with Crippen molar-refractivity contribution in [2.75, 3.05) is 20.2 Å². The molecule has 4 rings (SSSR count). The minimum Gasteiger partial charge on any atom is -0.465 e. The van der Waals surface area contributed by atoms with Crippen LogP contribution in [0.15, 0.2) is 65.1 Å². The molecule has 0 aromatic heterocycles. The summed E-state index contributed by atoms with van der Waals surface area (Å²) in [5.41, 5.74) is 0.829. The molecule has 0 spiro atoms. The molecular formula is C25H22BrNO5. The van der Waals surface area contributed by atoms with Crippen molar-refractivity contribution in [3.63, 3.8) is 0 Å². The topological polar surface area (TPSA) is 72.9 Å². The highest BCUT2D eigenvalue weighted by molar-refractivity contribution is 9.10. The number of hydrogen-bond donors (Lipinski definition) is 0. The first-order valence-corrected chi connectivity index (χ1v) is 11.1. The average molecular weight is 496 g/mol. The van der Waals surface area contributed by atoms with E-state index in [1.165, 1.54) is 7.11 Å². The number of likely N-dealkylation sites (tertiary alicyclic amines) is 1. The number of benzene rings is 3. The molecule has 0 aliphatic carbocycles. The van der Waals surface area contributed by atoms with Crippen molar-refractivity contribution in [1.29, 1.82) is 0 Å². The number of nitrogens with zero attached hydrogens (tertiary/aromatic N) is 1. The molecule has 164 valence electrons. The summed E-state index contributed by atoms with van der Waals surface area (Å²) >= 11 is 3.37. The third kappa shape index (κ3) is 4.67. The van der Waals surface area contributed by atoms with Crippen LogP contribution >= 0.6 is 15.9 Å². The lowest BCUT2D eigenvalue weighted by Crippen LogP contribution is -2.41. The summed E-state index contributed by atoms with van der Waals surface area (Å²) in [5, 5.41) is 1.71. The van der Waals surface area contributed by atoms with Crippen molar-refractivity contribution >= 4 is 44.5 Å². The first kappa shape index (κ1) is 22.0. The molecule has 0 N–H and O–H groups in total. The first-order valence-electron chi connectivity index (χ1n) is 10.3. The number of halogens is 1. The van der Waals surface area contributed by atoms with E-state index in [0.717, 1.165) is 15.2 Å². The van der Waals surface area contributed by atoms with E-state index in [1.54, 1.807) is 29.2 Å². The van der Waals surface area contributed by atoms with Gasteiger partial charge in [-0.05, 0) is 60.0 Å². The van der Waals surface area contributed by atoms with Gasteiger partial charge in [-0.3, -0.25) is 9.59 Å². The van der Waals surface area contributed by atoms with Crippen LogP contribution in [0.25, 0.3) is 10.8 Å². The van der Waals surface area contributed by atoms with Gasteiger partial charge in [-0.25, -0.2) is 4.79 Å². The van der Waals surface area contributed by atoms with Crippen molar-refractivity contribution in [2.24, 2.45) is 5.92 Å². The highest BCUT2D eigenvalue weighted by Crippen LogP contribution is 2.29. The predicted octanol–water partition coefficient (Wildman–Crippen LogP) is 4.85. The van der Waals surface area contributed by atoms with Crippen molar-refractivity contribution in [3.05, 3.63) is 76.3 Å². The Labute approximate surface area is 194 Å². The summed E-state index contributed by atoms with van der Waals surface area (Å²) in [6.07, 6.45) is 1.00. The van der Waals surface area contributed by atoms with E-state index < -0.39 is 11.9 Å². The quantitative estimate of drug-likeness (QED) is 0.382. The SMILES string of the molecule is COC(=O)c1cc2ccccc2cc1OC(=O)C1CCN(C(=O)c2ccc(Br)cc2)CC1. The molecule has 0 atom stereocenters. The maximum absolute atomic E-state index is 12.9. The second kappa shape index (κ2) is 9.53. The van der Waals surface area contributed by atoms with Gasteiger partial charge < -0.3 is 14.4 Å². The van der Waals surface area contributed by atoms with Crippen molar-refractivity contribution in [2.45, 2.75) is 12.8 Å². The Kier molecular flexibility index (Phi) is 6.55. The minimum absolute atomic E-state index is 0.0492. The first-order chi connectivity index (χ1) is 15.5. The smallest absolute Gasteiger partial charge is 0.341 e. The molecule has 1 aliphatic heterocycles. The fraction of sp³-hybridized carbons (Fsp3) is 0.240. The van der Waals surface area contributed by atoms with Gasteiger partial charge in [0.15, 0.2) is 0 Å². The fourth-order valence-corrected chi connectivity index (χ4v) is 4.12. The molecule has 1 aliphatic rings. The van der Waals surface area contributed by atoms with Gasteiger partial charge in [-0.15, -0.1) is 0 Å². The van der Waals surface area contributed by atoms with Gasteiger partial charge in [0, 0.05) is 23.1 Å². The molecule has 1 fully saturated rings. The molecule has 0 bridgehead atoms. The van der Waals surface area contributed by atoms with Crippen LogP contribution in [0.2, 0.25) is 0 Å². The number of esters is 2. The lowest BCUT2D eigenvalue weighted by atomic mass is 9.96. The van der Waals surface area contributed by atoms with Gasteiger partial charge in [0.05, 0.1) is 13.0 Å². The molecule has 7 heteroatoms. The zero-order valence-corrected chi connectivity index (χ0v) is 19.1. The molecule has 1 saturated heterocycles. The molecule has 0 radical (unpaired) electrons. The highest BCUT2D eigenvalue weighted by atomic mass is 79.9. The number of ether oxygens (including phenoxy) is 2. The standard InChI is InChI=1S/C25H22BrNO5/c1-31-25(30)21-14-18-4-2-3-5-19(18)15-22(21)32-24(29)17-10-12-27(13-11-17)23(28)16-6-8-20(26)9-7-16/h2-9,14-15,17H,10-13H2,1H3. The maximum Gasteiger partial charge on any atom is 0.341 e. The molecule has 0 saturated carbocycles. The summed E-state index contributed by atoms with van der Waals surface area (Å²) < 4.78 is 11.4. The maximum atomic E-state index is 12.9. The van der Waals surface area contributed by atoms with Gasteiger partial charge in [-0.2, -0.15) is 0 Å². The van der Waals surface area contributed by atoms with Crippen LogP contribution in [0, 0.1) is 5.92 Å². The normalized spacial score (nSPS) is 14.2. The Morgan fingerprint density at radius 1 is 0.938 bits per heavy atom. The van der Waals surface area contributed by atoms with Gasteiger partial charge in [0.25, 0.3) is 5.91 Å². The summed E-state index contributed by atoms with van der Waals surface area (Å²) in [7, 11) is 1.29. The van der Waals surface area contributed by atoms with E-state index in [1.807, 2.05) is 36.4 Å². The van der Waals surface area contributed by atoms with Crippen LogP contribution < -0.4 is 4.74 Å². The van der Waals surface area contributed by atoms with Crippen LogP contribution in [-0.2, 0) is 9.53 Å². The van der Waals surface area contributed by atoms with Crippen LogP contribution in [-0.4, -0.2) is 42.9 Å². The number of hydrogen-bond acceptors (Lipinski definition) is 5. The Bertz CT molecular complexity index is 1170. The Balaban J connectivity index is 1.45. The van der Waals surface area contributed by atoms with Gasteiger partial charge in [-0.1, -0.05) is 40.2 Å². The van der Waals surface area contributed by atoms with Crippen LogP contribution in [0.4, 0.5) is 0 Å². The average Bonchev–Trinajstić information content (AvgIpc) is 2.83. The van der Waals surface area contributed by atoms with Crippen LogP contribution in [0.1, 0.15) is 33.6 Å². The monoisotopic (exact) mass is 495 g/mol. The van der Waals surface area contributed by atoms with E-state index >= 15 is 0 Å². The Hall–Kier alpha value is -3.19. The lowest BCUT2D eigenvalue weighted by Gasteiger charge is -2.31. The number of carbonyl (C=O) groups is 3. The number of fused-ring (bicyclic) bond motifs is 1. The molecule has 32 heavy (non-hydrogen) atoms. The number of methoxy groups -OCH3 is 1. The summed E-state index contributed by atoms with van der Waals surface area (Å²) in [5.74, 6) is -1.17. The van der Waals surface area contributed by atoms with Crippen molar-refractivity contribution in [3.8, 4) is 5.75 Å². The second-order valence-electron chi connectivity index (χ2n) is 7.68. The van der Waals surface area contributed by atoms with Crippen LogP contribution in [0.3, 0.4) is 0 Å². The number of amides is 1. The summed E-state index contributed by atoms with van der Waals surface area (Å²) in [6.45, 7) is 0.937. The highest BCUT2D eigenvalue weighted by Gasteiger charge is 2.30. The Morgan fingerprint density at radius 3 is 2.19 bits per heavy atom. The summed E-state index contributed by atoms with van der Waals surface area (Å²) in [6, 6.07) is 18.1. The lowest BCUT2D eigenvalue weighted by molar-refractivity contribution is -0.140. The van der Waals surface area contributed by atoms with Gasteiger partial charge in [0.1, 0.15) is 11.3 Å². The van der Waals surface area contributed by atoms with Gasteiger partial charge >= 0.3 is 11.9 Å². The molecule has 0 unspecified atom stereocenters. The van der Waals surface area contributed by atoms with E-state index in [2.05, 4.69) is 15.9 Å². The van der Waals surface area contributed by atoms with Gasteiger partial charge in [0.2, 0.25) is 0 Å². The molecule has 1 heterocycles. The third-order valence-electron chi connectivity index (χ3n) is 5.67. The number of carbonyl (C=O) groups excluding carboxylic acids is 3. The minimum atomic E-state index is -0.562. The zero-order chi connectivity index (χ0) is 22.7. The fourth-order valence-electron chi connectivity index (χ4n) is 3.86.